The molecule has 0 aliphatic carbocycles. The van der Waals surface area contributed by atoms with Gasteiger partial charge in [-0.3, -0.25) is 0 Å². The number of ether oxygens (including phenoxy) is 1. The van der Waals surface area contributed by atoms with Crippen LogP contribution in [0.25, 0.3) is 0 Å². The summed E-state index contributed by atoms with van der Waals surface area (Å²) in [5.41, 5.74) is 2.22. The van der Waals surface area contributed by atoms with Gasteiger partial charge in [-0.25, -0.2) is 0 Å². The fraction of sp³-hybridized carbons (Fsp3) is 0.381. The number of hydrogen-bond donors (Lipinski definition) is 0. The van der Waals surface area contributed by atoms with Crippen LogP contribution in [0, 0.1) is 5.41 Å². The Kier molecular flexibility index (Phi) is 7.48. The molecular formula is C21H27NO3. The van der Waals surface area contributed by atoms with E-state index >= 15 is 0 Å². The summed E-state index contributed by atoms with van der Waals surface area (Å²) in [4.78, 5) is 4.91. The second-order valence-electron chi connectivity index (χ2n) is 6.60. The van der Waals surface area contributed by atoms with Gasteiger partial charge in [0.1, 0.15) is 12.4 Å². The van der Waals surface area contributed by atoms with E-state index in [1.807, 2.05) is 31.2 Å². The van der Waals surface area contributed by atoms with Crippen molar-refractivity contribution in [1.82, 2.24) is 0 Å². The number of benzene rings is 1. The second kappa shape index (κ2) is 9.84. The van der Waals surface area contributed by atoms with E-state index in [2.05, 4.69) is 43.3 Å². The summed E-state index contributed by atoms with van der Waals surface area (Å²) in [5, 5.41) is 3.79. The van der Waals surface area contributed by atoms with E-state index in [-0.39, 0.29) is 5.41 Å². The van der Waals surface area contributed by atoms with Gasteiger partial charge in [0.2, 0.25) is 0 Å². The third-order valence-electron chi connectivity index (χ3n) is 3.57. The van der Waals surface area contributed by atoms with Gasteiger partial charge in [0, 0.05) is 17.4 Å². The minimum atomic E-state index is -0.0746. The predicted octanol–water partition coefficient (Wildman–Crippen LogP) is 4.99. The highest BCUT2D eigenvalue weighted by Gasteiger charge is 2.14. The average molecular weight is 341 g/mol. The maximum absolute atomic E-state index is 5.84. The SMILES string of the molecule is CCON=CC=CC(C)(C)COCc1coc(Cc2ccccc2)c1. The molecule has 4 heteroatoms. The van der Waals surface area contributed by atoms with Crippen molar-refractivity contribution < 1.29 is 14.0 Å². The molecule has 0 aliphatic heterocycles. The van der Waals surface area contributed by atoms with Gasteiger partial charge >= 0.3 is 0 Å². The molecule has 0 atom stereocenters. The average Bonchev–Trinajstić information content (AvgIpc) is 3.02. The molecule has 0 aliphatic rings. The number of nitrogens with zero attached hydrogens (tertiary/aromatic N) is 1. The van der Waals surface area contributed by atoms with Gasteiger partial charge in [0.05, 0.1) is 25.7 Å². The maximum atomic E-state index is 5.84. The number of allylic oxidation sites excluding steroid dienone is 1. The molecule has 2 rings (SSSR count). The topological polar surface area (TPSA) is 44.0 Å². The summed E-state index contributed by atoms with van der Waals surface area (Å²) in [6.45, 7) is 7.88. The number of oxime groups is 1. The Morgan fingerprint density at radius 1 is 1.16 bits per heavy atom. The molecule has 0 fully saturated rings. The lowest BCUT2D eigenvalue weighted by Gasteiger charge is -2.19. The molecule has 4 nitrogen and oxygen atoms in total. The Morgan fingerprint density at radius 2 is 1.96 bits per heavy atom. The van der Waals surface area contributed by atoms with E-state index in [0.29, 0.717) is 19.8 Å². The zero-order valence-electron chi connectivity index (χ0n) is 15.3. The van der Waals surface area contributed by atoms with E-state index in [1.165, 1.54) is 5.56 Å². The quantitative estimate of drug-likeness (QED) is 0.451. The summed E-state index contributed by atoms with van der Waals surface area (Å²) in [7, 11) is 0. The lowest BCUT2D eigenvalue weighted by molar-refractivity contribution is 0.0714. The summed E-state index contributed by atoms with van der Waals surface area (Å²) in [6, 6.07) is 12.4. The van der Waals surface area contributed by atoms with Crippen LogP contribution in [0.4, 0.5) is 0 Å². The molecule has 0 saturated carbocycles. The number of hydrogen-bond acceptors (Lipinski definition) is 4. The fourth-order valence-corrected chi connectivity index (χ4v) is 2.33. The fourth-order valence-electron chi connectivity index (χ4n) is 2.33. The highest BCUT2D eigenvalue weighted by molar-refractivity contribution is 5.70. The van der Waals surface area contributed by atoms with Crippen LogP contribution in [-0.2, 0) is 22.6 Å². The van der Waals surface area contributed by atoms with Crippen LogP contribution in [0.15, 0.2) is 64.4 Å². The second-order valence-corrected chi connectivity index (χ2v) is 6.60. The largest absolute Gasteiger partial charge is 0.469 e. The van der Waals surface area contributed by atoms with Crippen molar-refractivity contribution in [2.45, 2.75) is 33.8 Å². The first-order chi connectivity index (χ1) is 12.1. The van der Waals surface area contributed by atoms with Gasteiger partial charge in [0.25, 0.3) is 0 Å². The van der Waals surface area contributed by atoms with Crippen molar-refractivity contribution in [2.75, 3.05) is 13.2 Å². The van der Waals surface area contributed by atoms with Crippen LogP contribution >= 0.6 is 0 Å². The van der Waals surface area contributed by atoms with Crippen LogP contribution in [0.2, 0.25) is 0 Å². The highest BCUT2D eigenvalue weighted by Crippen LogP contribution is 2.19. The molecule has 134 valence electrons. The molecule has 1 aromatic carbocycles. The lowest BCUT2D eigenvalue weighted by Crippen LogP contribution is -2.16. The summed E-state index contributed by atoms with van der Waals surface area (Å²) < 4.78 is 11.5. The summed E-state index contributed by atoms with van der Waals surface area (Å²) in [6.07, 6.45) is 8.17. The van der Waals surface area contributed by atoms with Crippen LogP contribution in [0.3, 0.4) is 0 Å². The molecule has 0 bridgehead atoms. The molecule has 1 aromatic heterocycles. The smallest absolute Gasteiger partial charge is 0.114 e. The van der Waals surface area contributed by atoms with E-state index in [0.717, 1.165) is 17.7 Å². The molecule has 1 heterocycles. The van der Waals surface area contributed by atoms with Crippen LogP contribution in [-0.4, -0.2) is 19.4 Å². The van der Waals surface area contributed by atoms with E-state index < -0.39 is 0 Å². The first-order valence-corrected chi connectivity index (χ1v) is 8.60. The zero-order chi connectivity index (χ0) is 18.0. The van der Waals surface area contributed by atoms with Gasteiger partial charge in [-0.2, -0.15) is 0 Å². The Bertz CT molecular complexity index is 671. The third-order valence-corrected chi connectivity index (χ3v) is 3.57. The molecule has 0 radical (unpaired) electrons. The van der Waals surface area contributed by atoms with Crippen molar-refractivity contribution in [3.8, 4) is 0 Å². The van der Waals surface area contributed by atoms with Crippen molar-refractivity contribution in [1.29, 1.82) is 0 Å². The van der Waals surface area contributed by atoms with Crippen molar-refractivity contribution in [3.63, 3.8) is 0 Å². The van der Waals surface area contributed by atoms with Gasteiger partial charge in [-0.15, -0.1) is 0 Å². The van der Waals surface area contributed by atoms with E-state index in [4.69, 9.17) is 14.0 Å². The Labute approximate surface area is 150 Å². The first-order valence-electron chi connectivity index (χ1n) is 8.60. The minimum absolute atomic E-state index is 0.0746. The van der Waals surface area contributed by atoms with Gasteiger partial charge < -0.3 is 14.0 Å². The molecular weight excluding hydrogens is 314 g/mol. The molecule has 0 saturated heterocycles. The number of furan rings is 1. The third kappa shape index (κ3) is 7.40. The van der Waals surface area contributed by atoms with Gasteiger partial charge in [-0.05, 0) is 24.6 Å². The zero-order valence-corrected chi connectivity index (χ0v) is 15.3. The van der Waals surface area contributed by atoms with Crippen molar-refractivity contribution >= 4 is 6.21 Å². The van der Waals surface area contributed by atoms with Crippen LogP contribution < -0.4 is 0 Å². The molecule has 0 unspecified atom stereocenters. The predicted molar refractivity (Wildman–Crippen MR) is 101 cm³/mol. The molecule has 25 heavy (non-hydrogen) atoms. The molecule has 0 N–H and O–H groups in total. The van der Waals surface area contributed by atoms with Crippen molar-refractivity contribution in [2.24, 2.45) is 10.6 Å². The molecule has 0 amide bonds. The van der Waals surface area contributed by atoms with Gasteiger partial charge in [0.15, 0.2) is 0 Å². The number of rotatable bonds is 10. The van der Waals surface area contributed by atoms with Crippen LogP contribution in [0.5, 0.6) is 0 Å². The normalized spacial score (nSPS) is 12.3. The monoisotopic (exact) mass is 341 g/mol. The van der Waals surface area contributed by atoms with E-state index in [1.54, 1.807) is 12.5 Å². The summed E-state index contributed by atoms with van der Waals surface area (Å²) in [5.74, 6) is 0.955. The molecule has 2 aromatic rings. The lowest BCUT2D eigenvalue weighted by atomic mass is 9.94. The molecule has 0 spiro atoms. The Morgan fingerprint density at radius 3 is 2.72 bits per heavy atom. The van der Waals surface area contributed by atoms with Crippen molar-refractivity contribution in [3.05, 3.63) is 71.7 Å². The van der Waals surface area contributed by atoms with E-state index in [9.17, 15) is 0 Å². The van der Waals surface area contributed by atoms with Crippen LogP contribution in [0.1, 0.15) is 37.7 Å². The Hall–Kier alpha value is -2.33. The maximum Gasteiger partial charge on any atom is 0.114 e. The Balaban J connectivity index is 1.76. The highest BCUT2D eigenvalue weighted by atomic mass is 16.6. The first kappa shape index (κ1) is 19.0. The summed E-state index contributed by atoms with van der Waals surface area (Å²) >= 11 is 0. The van der Waals surface area contributed by atoms with Gasteiger partial charge in [-0.1, -0.05) is 55.4 Å². The minimum Gasteiger partial charge on any atom is -0.469 e. The standard InChI is InChI=1S/C21H27NO3/c1-4-25-22-12-8-11-21(2,3)17-23-15-19-14-20(24-16-19)13-18-9-6-5-7-10-18/h5-12,14,16H,4,13,15,17H2,1-3H3.